The van der Waals surface area contributed by atoms with Crippen LogP contribution in [0, 0.1) is 0 Å². The third-order valence-corrected chi connectivity index (χ3v) is 5.24. The van der Waals surface area contributed by atoms with Gasteiger partial charge < -0.3 is 4.52 Å². The van der Waals surface area contributed by atoms with Crippen molar-refractivity contribution in [3.63, 3.8) is 0 Å². The molecule has 0 saturated heterocycles. The van der Waals surface area contributed by atoms with Crippen LogP contribution >= 0.6 is 15.9 Å². The Morgan fingerprint density at radius 2 is 1.60 bits per heavy atom. The van der Waals surface area contributed by atoms with Crippen molar-refractivity contribution >= 4 is 26.7 Å². The number of aromatic nitrogens is 4. The lowest BCUT2D eigenvalue weighted by Crippen LogP contribution is -2.24. The van der Waals surface area contributed by atoms with Crippen molar-refractivity contribution in [2.45, 2.75) is 6.54 Å². The lowest BCUT2D eigenvalue weighted by molar-refractivity contribution is 0.364. The van der Waals surface area contributed by atoms with E-state index in [0.717, 1.165) is 26.7 Å². The van der Waals surface area contributed by atoms with Crippen molar-refractivity contribution in [3.05, 3.63) is 99.6 Å². The highest BCUT2D eigenvalue weighted by molar-refractivity contribution is 9.10. The van der Waals surface area contributed by atoms with E-state index in [1.165, 1.54) is 4.68 Å². The highest BCUT2D eigenvalue weighted by Crippen LogP contribution is 2.25. The zero-order chi connectivity index (χ0) is 20.5. The summed E-state index contributed by atoms with van der Waals surface area (Å²) in [4.78, 5) is 17.5. The molecular weight excluding hydrogens is 444 g/mol. The number of rotatable bonds is 4. The van der Waals surface area contributed by atoms with E-state index < -0.39 is 0 Å². The molecule has 0 saturated carbocycles. The Morgan fingerprint density at radius 1 is 0.867 bits per heavy atom. The molecule has 2 heterocycles. The standard InChI is InChI=1S/C23H15BrN4O2/c24-17-10-6-9-16(13-17)22-25-20(30-27-22)14-28-23(29)19-12-5-4-11-18(19)21(26-28)15-7-2-1-3-8-15/h1-13H,14H2. The molecule has 0 aliphatic carbocycles. The molecule has 0 aliphatic rings. The van der Waals surface area contributed by atoms with Crippen molar-refractivity contribution in [2.75, 3.05) is 0 Å². The van der Waals surface area contributed by atoms with Crippen molar-refractivity contribution in [1.82, 2.24) is 19.9 Å². The molecule has 0 unspecified atom stereocenters. The van der Waals surface area contributed by atoms with Crippen LogP contribution in [0.4, 0.5) is 0 Å². The molecule has 3 aromatic carbocycles. The van der Waals surface area contributed by atoms with E-state index in [9.17, 15) is 4.79 Å². The van der Waals surface area contributed by atoms with Gasteiger partial charge in [0.2, 0.25) is 11.7 Å². The molecule has 0 amide bonds. The zero-order valence-corrected chi connectivity index (χ0v) is 17.3. The molecule has 0 atom stereocenters. The molecular formula is C23H15BrN4O2. The molecule has 0 spiro atoms. The Hall–Kier alpha value is -3.58. The van der Waals surface area contributed by atoms with E-state index in [4.69, 9.17) is 4.52 Å². The van der Waals surface area contributed by atoms with Crippen molar-refractivity contribution in [2.24, 2.45) is 0 Å². The quantitative estimate of drug-likeness (QED) is 0.381. The first kappa shape index (κ1) is 18.4. The first-order chi connectivity index (χ1) is 14.7. The largest absolute Gasteiger partial charge is 0.337 e. The fourth-order valence-corrected chi connectivity index (χ4v) is 3.74. The Bertz CT molecular complexity index is 1410. The summed E-state index contributed by atoms with van der Waals surface area (Å²) < 4.78 is 7.70. The molecule has 0 radical (unpaired) electrons. The molecule has 0 aliphatic heterocycles. The first-order valence-corrected chi connectivity index (χ1v) is 10.1. The van der Waals surface area contributed by atoms with Gasteiger partial charge in [0.15, 0.2) is 0 Å². The third kappa shape index (κ3) is 3.44. The van der Waals surface area contributed by atoms with Crippen molar-refractivity contribution in [1.29, 1.82) is 0 Å². The maximum atomic E-state index is 13.0. The summed E-state index contributed by atoms with van der Waals surface area (Å²) in [7, 11) is 0. The van der Waals surface area contributed by atoms with Gasteiger partial charge >= 0.3 is 0 Å². The van der Waals surface area contributed by atoms with Gasteiger partial charge in [-0.25, -0.2) is 4.68 Å². The number of halogens is 1. The van der Waals surface area contributed by atoms with Gasteiger partial charge in [-0.05, 0) is 18.2 Å². The normalized spacial score (nSPS) is 11.1. The van der Waals surface area contributed by atoms with E-state index in [1.807, 2.05) is 78.9 Å². The van der Waals surface area contributed by atoms with Crippen LogP contribution in [0.1, 0.15) is 5.89 Å². The van der Waals surface area contributed by atoms with Crippen LogP contribution in [0.5, 0.6) is 0 Å². The van der Waals surface area contributed by atoms with E-state index in [-0.39, 0.29) is 12.1 Å². The summed E-state index contributed by atoms with van der Waals surface area (Å²) in [6, 6.07) is 24.9. The van der Waals surface area contributed by atoms with Crippen LogP contribution in [0.3, 0.4) is 0 Å². The maximum absolute atomic E-state index is 13.0. The second kappa shape index (κ2) is 7.68. The summed E-state index contributed by atoms with van der Waals surface area (Å²) in [5, 5.41) is 10.1. The fraction of sp³-hybridized carbons (Fsp3) is 0.0435. The number of hydrogen-bond donors (Lipinski definition) is 0. The molecule has 5 rings (SSSR count). The smallest absolute Gasteiger partial charge is 0.275 e. The number of nitrogens with zero attached hydrogens (tertiary/aromatic N) is 4. The minimum atomic E-state index is -0.201. The fourth-order valence-electron chi connectivity index (χ4n) is 3.34. The minimum Gasteiger partial charge on any atom is -0.337 e. The lowest BCUT2D eigenvalue weighted by Gasteiger charge is -2.09. The van der Waals surface area contributed by atoms with Crippen molar-refractivity contribution < 1.29 is 4.52 Å². The first-order valence-electron chi connectivity index (χ1n) is 9.33. The van der Waals surface area contributed by atoms with E-state index >= 15 is 0 Å². The van der Waals surface area contributed by atoms with Gasteiger partial charge in [0.25, 0.3) is 5.56 Å². The minimum absolute atomic E-state index is 0.0878. The molecule has 7 heteroatoms. The summed E-state index contributed by atoms with van der Waals surface area (Å²) in [6.45, 7) is 0.0878. The van der Waals surface area contributed by atoms with Crippen molar-refractivity contribution in [3.8, 4) is 22.6 Å². The number of benzene rings is 3. The highest BCUT2D eigenvalue weighted by atomic mass is 79.9. The Labute approximate surface area is 179 Å². The van der Waals surface area contributed by atoms with Gasteiger partial charge in [-0.15, -0.1) is 0 Å². The van der Waals surface area contributed by atoms with Gasteiger partial charge in [0.05, 0.1) is 11.1 Å². The van der Waals surface area contributed by atoms with E-state index in [2.05, 4.69) is 31.2 Å². The predicted octanol–water partition coefficient (Wildman–Crippen LogP) is 4.92. The van der Waals surface area contributed by atoms with E-state index in [0.29, 0.717) is 17.1 Å². The van der Waals surface area contributed by atoms with Crippen LogP contribution in [-0.4, -0.2) is 19.9 Å². The summed E-state index contributed by atoms with van der Waals surface area (Å²) in [6.07, 6.45) is 0. The van der Waals surface area contributed by atoms with Crippen LogP contribution in [0.2, 0.25) is 0 Å². The summed E-state index contributed by atoms with van der Waals surface area (Å²) in [5.74, 6) is 0.775. The van der Waals surface area contributed by atoms with Gasteiger partial charge in [0.1, 0.15) is 6.54 Å². The van der Waals surface area contributed by atoms with Gasteiger partial charge in [-0.1, -0.05) is 81.8 Å². The third-order valence-electron chi connectivity index (χ3n) is 4.75. The molecule has 0 bridgehead atoms. The maximum Gasteiger partial charge on any atom is 0.275 e. The monoisotopic (exact) mass is 458 g/mol. The molecule has 0 fully saturated rings. The second-order valence-corrected chi connectivity index (χ2v) is 7.66. The Balaban J connectivity index is 1.59. The van der Waals surface area contributed by atoms with Crippen LogP contribution in [-0.2, 0) is 6.54 Å². The predicted molar refractivity (Wildman–Crippen MR) is 118 cm³/mol. The summed E-state index contributed by atoms with van der Waals surface area (Å²) >= 11 is 3.44. The average Bonchev–Trinajstić information content (AvgIpc) is 3.25. The van der Waals surface area contributed by atoms with Crippen LogP contribution in [0.15, 0.2) is 92.7 Å². The second-order valence-electron chi connectivity index (χ2n) is 6.75. The van der Waals surface area contributed by atoms with Gasteiger partial charge in [-0.2, -0.15) is 10.1 Å². The molecule has 6 nitrogen and oxygen atoms in total. The van der Waals surface area contributed by atoms with Gasteiger partial charge in [-0.3, -0.25) is 4.79 Å². The van der Waals surface area contributed by atoms with Crippen LogP contribution < -0.4 is 5.56 Å². The SMILES string of the molecule is O=c1c2ccccc2c(-c2ccccc2)nn1Cc1nc(-c2cccc(Br)c2)no1. The van der Waals surface area contributed by atoms with Gasteiger partial charge in [0, 0.05) is 21.0 Å². The number of fused-ring (bicyclic) bond motifs is 1. The van der Waals surface area contributed by atoms with E-state index in [1.54, 1.807) is 0 Å². The Kier molecular flexibility index (Phi) is 4.72. The Morgan fingerprint density at radius 3 is 2.40 bits per heavy atom. The average molecular weight is 459 g/mol. The molecule has 2 aromatic heterocycles. The lowest BCUT2D eigenvalue weighted by atomic mass is 10.1. The molecule has 0 N–H and O–H groups in total. The summed E-state index contributed by atoms with van der Waals surface area (Å²) in [5.41, 5.74) is 2.29. The highest BCUT2D eigenvalue weighted by Gasteiger charge is 2.15. The zero-order valence-electron chi connectivity index (χ0n) is 15.7. The molecule has 146 valence electrons. The topological polar surface area (TPSA) is 73.8 Å². The molecule has 30 heavy (non-hydrogen) atoms. The van der Waals surface area contributed by atoms with Crippen LogP contribution in [0.25, 0.3) is 33.4 Å². The number of hydrogen-bond acceptors (Lipinski definition) is 5. The molecule has 5 aromatic rings.